The van der Waals surface area contributed by atoms with Gasteiger partial charge in [0.2, 0.25) is 5.91 Å². The standard InChI is InChI=1S/C27H24BrN5O4/c1-29-26(34)24(15-19-6-5-9-21(28)14-19)30-27(35)25-16-23(20-7-3-2-4-8-20)31-32(25)17-18-10-12-22(13-11-18)33(36)37/h2-14,16,24H,15,17H2,1H3,(H,29,34)(H,30,35). The van der Waals surface area contributed by atoms with E-state index in [-0.39, 0.29) is 23.8 Å². The SMILES string of the molecule is CNC(=O)C(Cc1cccc(Br)c1)NC(=O)c1cc(-c2ccccc2)nn1Cc1ccc([N+](=O)[O-])cc1. The summed E-state index contributed by atoms with van der Waals surface area (Å²) in [7, 11) is 1.52. The molecule has 1 unspecified atom stereocenters. The molecule has 1 aromatic heterocycles. The normalized spacial score (nSPS) is 11.5. The molecule has 0 fully saturated rings. The second kappa shape index (κ2) is 11.6. The van der Waals surface area contributed by atoms with Crippen LogP contribution in [-0.4, -0.2) is 39.6 Å². The highest BCUT2D eigenvalue weighted by molar-refractivity contribution is 9.10. The highest BCUT2D eigenvalue weighted by atomic mass is 79.9. The molecule has 0 aliphatic rings. The van der Waals surface area contributed by atoms with Crippen LogP contribution in [0.4, 0.5) is 5.69 Å². The number of nitrogens with one attached hydrogen (secondary N) is 2. The number of nitro groups is 1. The smallest absolute Gasteiger partial charge is 0.270 e. The Morgan fingerprint density at radius 1 is 1.00 bits per heavy atom. The van der Waals surface area contributed by atoms with Crippen molar-refractivity contribution in [3.05, 3.63) is 116 Å². The number of non-ortho nitro benzene ring substituents is 1. The van der Waals surface area contributed by atoms with Crippen molar-refractivity contribution in [2.24, 2.45) is 0 Å². The molecule has 0 radical (unpaired) electrons. The summed E-state index contributed by atoms with van der Waals surface area (Å²) >= 11 is 3.44. The fraction of sp³-hybridized carbons (Fsp3) is 0.148. The van der Waals surface area contributed by atoms with E-state index < -0.39 is 16.9 Å². The number of benzene rings is 3. The Morgan fingerprint density at radius 3 is 2.38 bits per heavy atom. The molecular weight excluding hydrogens is 538 g/mol. The number of nitrogens with zero attached hydrogens (tertiary/aromatic N) is 3. The predicted octanol–water partition coefficient (Wildman–Crippen LogP) is 4.36. The van der Waals surface area contributed by atoms with Gasteiger partial charge in [0.05, 0.1) is 17.2 Å². The molecule has 0 bridgehead atoms. The van der Waals surface area contributed by atoms with Crippen LogP contribution in [0.2, 0.25) is 0 Å². The second-order valence-corrected chi connectivity index (χ2v) is 9.25. The molecule has 2 amide bonds. The molecular formula is C27H24BrN5O4. The average Bonchev–Trinajstić information content (AvgIpc) is 3.32. The molecule has 37 heavy (non-hydrogen) atoms. The van der Waals surface area contributed by atoms with Gasteiger partial charge in [-0.05, 0) is 29.3 Å². The van der Waals surface area contributed by atoms with Gasteiger partial charge in [0.25, 0.3) is 11.6 Å². The zero-order valence-corrected chi connectivity index (χ0v) is 21.5. The lowest BCUT2D eigenvalue weighted by atomic mass is 10.0. The fourth-order valence-corrected chi connectivity index (χ4v) is 4.33. The zero-order valence-electron chi connectivity index (χ0n) is 19.9. The van der Waals surface area contributed by atoms with Gasteiger partial charge in [-0.2, -0.15) is 5.10 Å². The lowest BCUT2D eigenvalue weighted by Gasteiger charge is -2.18. The second-order valence-electron chi connectivity index (χ2n) is 8.34. The summed E-state index contributed by atoms with van der Waals surface area (Å²) in [5, 5.41) is 21.1. The van der Waals surface area contributed by atoms with Gasteiger partial charge >= 0.3 is 0 Å². The maximum absolute atomic E-state index is 13.5. The molecule has 10 heteroatoms. The largest absolute Gasteiger partial charge is 0.357 e. The third-order valence-electron chi connectivity index (χ3n) is 5.76. The molecule has 0 saturated heterocycles. The van der Waals surface area contributed by atoms with E-state index in [1.165, 1.54) is 19.2 Å². The third kappa shape index (κ3) is 6.47. The van der Waals surface area contributed by atoms with E-state index in [4.69, 9.17) is 0 Å². The van der Waals surface area contributed by atoms with Crippen LogP contribution in [0.1, 0.15) is 21.6 Å². The van der Waals surface area contributed by atoms with Crippen molar-refractivity contribution in [1.29, 1.82) is 0 Å². The highest BCUT2D eigenvalue weighted by Crippen LogP contribution is 2.21. The van der Waals surface area contributed by atoms with Crippen LogP contribution in [0.3, 0.4) is 0 Å². The van der Waals surface area contributed by atoms with E-state index in [1.54, 1.807) is 22.9 Å². The lowest BCUT2D eigenvalue weighted by Crippen LogP contribution is -2.47. The number of carbonyl (C=O) groups is 2. The number of nitro benzene ring substituents is 1. The van der Waals surface area contributed by atoms with Gasteiger partial charge < -0.3 is 10.6 Å². The number of amides is 2. The summed E-state index contributed by atoms with van der Waals surface area (Å²) in [5.74, 6) is -0.779. The van der Waals surface area contributed by atoms with Crippen LogP contribution < -0.4 is 10.6 Å². The van der Waals surface area contributed by atoms with Gasteiger partial charge in [0.1, 0.15) is 11.7 Å². The van der Waals surface area contributed by atoms with Gasteiger partial charge in [-0.15, -0.1) is 0 Å². The third-order valence-corrected chi connectivity index (χ3v) is 6.25. The molecule has 9 nitrogen and oxygen atoms in total. The van der Waals surface area contributed by atoms with Crippen molar-refractivity contribution >= 4 is 33.4 Å². The topological polar surface area (TPSA) is 119 Å². The van der Waals surface area contributed by atoms with Crippen LogP contribution >= 0.6 is 15.9 Å². The predicted molar refractivity (Wildman–Crippen MR) is 143 cm³/mol. The van der Waals surface area contributed by atoms with E-state index in [2.05, 4.69) is 31.7 Å². The molecule has 4 aromatic rings. The molecule has 2 N–H and O–H groups in total. The van der Waals surface area contributed by atoms with Gasteiger partial charge in [0.15, 0.2) is 0 Å². The first kappa shape index (κ1) is 25.8. The van der Waals surface area contributed by atoms with E-state index in [9.17, 15) is 19.7 Å². The molecule has 4 rings (SSSR count). The van der Waals surface area contributed by atoms with Crippen LogP contribution in [-0.2, 0) is 17.8 Å². The Balaban J connectivity index is 1.64. The fourth-order valence-electron chi connectivity index (χ4n) is 3.88. The number of carbonyl (C=O) groups excluding carboxylic acids is 2. The summed E-state index contributed by atoms with van der Waals surface area (Å²) in [6.07, 6.45) is 0.298. The van der Waals surface area contributed by atoms with Crippen molar-refractivity contribution in [2.75, 3.05) is 7.05 Å². The monoisotopic (exact) mass is 561 g/mol. The first-order chi connectivity index (χ1) is 17.8. The van der Waals surface area contributed by atoms with Crippen molar-refractivity contribution in [3.8, 4) is 11.3 Å². The minimum Gasteiger partial charge on any atom is -0.357 e. The minimum atomic E-state index is -0.810. The van der Waals surface area contributed by atoms with Crippen LogP contribution in [0.5, 0.6) is 0 Å². The van der Waals surface area contributed by atoms with Crippen molar-refractivity contribution in [1.82, 2.24) is 20.4 Å². The molecule has 0 saturated carbocycles. The number of halogens is 1. The van der Waals surface area contributed by atoms with Crippen molar-refractivity contribution < 1.29 is 14.5 Å². The molecule has 188 valence electrons. The molecule has 0 aliphatic carbocycles. The average molecular weight is 562 g/mol. The number of hydrogen-bond acceptors (Lipinski definition) is 5. The van der Waals surface area contributed by atoms with Crippen LogP contribution in [0.25, 0.3) is 11.3 Å². The summed E-state index contributed by atoms with van der Waals surface area (Å²) in [4.78, 5) is 36.7. The first-order valence-corrected chi connectivity index (χ1v) is 12.3. The lowest BCUT2D eigenvalue weighted by molar-refractivity contribution is -0.384. The minimum absolute atomic E-state index is 0.0203. The molecule has 1 heterocycles. The van der Waals surface area contributed by atoms with Crippen molar-refractivity contribution in [2.45, 2.75) is 19.0 Å². The van der Waals surface area contributed by atoms with E-state index >= 15 is 0 Å². The maximum Gasteiger partial charge on any atom is 0.270 e. The Labute approximate surface area is 221 Å². The van der Waals surface area contributed by atoms with E-state index in [0.29, 0.717) is 12.1 Å². The summed E-state index contributed by atoms with van der Waals surface area (Å²) in [5.41, 5.74) is 3.28. The Kier molecular flexibility index (Phi) is 8.09. The molecule has 0 aliphatic heterocycles. The molecule has 1 atom stereocenters. The summed E-state index contributed by atoms with van der Waals surface area (Å²) in [6.45, 7) is 0.212. The van der Waals surface area contributed by atoms with E-state index in [0.717, 1.165) is 21.2 Å². The maximum atomic E-state index is 13.5. The number of rotatable bonds is 9. The van der Waals surface area contributed by atoms with Crippen LogP contribution in [0.15, 0.2) is 89.4 Å². The number of likely N-dealkylation sites (N-methyl/N-ethyl adjacent to an activating group) is 1. The van der Waals surface area contributed by atoms with E-state index in [1.807, 2.05) is 54.6 Å². The Hall–Kier alpha value is -4.31. The van der Waals surface area contributed by atoms with Gasteiger partial charge in [-0.25, -0.2) is 0 Å². The zero-order chi connectivity index (χ0) is 26.4. The Morgan fingerprint density at radius 2 is 1.73 bits per heavy atom. The van der Waals surface area contributed by atoms with Crippen LogP contribution in [0, 0.1) is 10.1 Å². The molecule has 3 aromatic carbocycles. The number of aromatic nitrogens is 2. The van der Waals surface area contributed by atoms with Crippen molar-refractivity contribution in [3.63, 3.8) is 0 Å². The number of hydrogen-bond donors (Lipinski definition) is 2. The van der Waals surface area contributed by atoms with Gasteiger partial charge in [0, 0.05) is 35.6 Å². The molecule has 0 spiro atoms. The van der Waals surface area contributed by atoms with Gasteiger partial charge in [-0.3, -0.25) is 24.4 Å². The quantitative estimate of drug-likeness (QED) is 0.232. The Bertz CT molecular complexity index is 1420. The highest BCUT2D eigenvalue weighted by Gasteiger charge is 2.24. The van der Waals surface area contributed by atoms with Gasteiger partial charge in [-0.1, -0.05) is 70.5 Å². The first-order valence-electron chi connectivity index (χ1n) is 11.5. The summed E-state index contributed by atoms with van der Waals surface area (Å²) < 4.78 is 2.42. The summed E-state index contributed by atoms with van der Waals surface area (Å²) in [6, 6.07) is 23.9.